The first-order valence-corrected chi connectivity index (χ1v) is 11.9. The van der Waals surface area contributed by atoms with Crippen molar-refractivity contribution in [2.24, 2.45) is 0 Å². The molecule has 0 aromatic heterocycles. The van der Waals surface area contributed by atoms with E-state index >= 15 is 0 Å². The van der Waals surface area contributed by atoms with Crippen molar-refractivity contribution in [3.8, 4) is 0 Å². The maximum atomic E-state index is 13.8. The van der Waals surface area contributed by atoms with Crippen molar-refractivity contribution in [1.82, 2.24) is 14.0 Å². The number of nitrogens with zero attached hydrogens (tertiary/aromatic N) is 3. The molecule has 2 atom stereocenters. The van der Waals surface area contributed by atoms with Crippen LogP contribution in [-0.2, 0) is 8.88 Å². The number of hydrogen-bond acceptors (Lipinski definition) is 5. The van der Waals surface area contributed by atoms with Gasteiger partial charge >= 0.3 is 15.8 Å². The molecule has 0 radical (unpaired) electrons. The van der Waals surface area contributed by atoms with E-state index in [4.69, 9.17) is 4.31 Å². The van der Waals surface area contributed by atoms with Crippen molar-refractivity contribution in [3.05, 3.63) is 0 Å². The molecule has 0 aliphatic carbocycles. The molecule has 0 spiro atoms. The molecule has 3 aliphatic heterocycles. The van der Waals surface area contributed by atoms with Crippen LogP contribution in [0, 0.1) is 0 Å². The minimum absolute atomic E-state index is 0.0774. The van der Waals surface area contributed by atoms with Crippen LogP contribution in [0.25, 0.3) is 0 Å². The van der Waals surface area contributed by atoms with E-state index in [1.54, 1.807) is 0 Å². The predicted octanol–water partition coefficient (Wildman–Crippen LogP) is 3.76. The van der Waals surface area contributed by atoms with Gasteiger partial charge in [-0.15, -0.1) is 18.2 Å². The van der Waals surface area contributed by atoms with Crippen molar-refractivity contribution < 1.29 is 18.0 Å². The lowest BCUT2D eigenvalue weighted by molar-refractivity contribution is 0.251. The first kappa shape index (κ1) is 17.7. The van der Waals surface area contributed by atoms with Gasteiger partial charge in [-0.2, -0.15) is 0 Å². The molecule has 0 saturated carbocycles. The second-order valence-electron chi connectivity index (χ2n) is 6.11. The Bertz CT molecular complexity index is 427. The van der Waals surface area contributed by atoms with Crippen LogP contribution < -0.4 is 0 Å². The van der Waals surface area contributed by atoms with Crippen LogP contribution in [0.1, 0.15) is 38.5 Å². The lowest BCUT2D eigenvalue weighted by atomic mass is 10.4. The van der Waals surface area contributed by atoms with E-state index in [-0.39, 0.29) is 4.95 Å². The van der Waals surface area contributed by atoms with Crippen molar-refractivity contribution in [3.63, 3.8) is 0 Å². The largest absolute Gasteiger partial charge is 0.549 e. The van der Waals surface area contributed by atoms with Crippen molar-refractivity contribution >= 4 is 31.8 Å². The quantitative estimate of drug-likeness (QED) is 0.416. The Morgan fingerprint density at radius 1 is 1.05 bits per heavy atom. The molecule has 0 amide bonds. The number of rotatable bonds is 5. The smallest absolute Gasteiger partial charge is 0.297 e. The molecule has 3 fully saturated rings. The van der Waals surface area contributed by atoms with E-state index < -0.39 is 15.8 Å². The highest BCUT2D eigenvalue weighted by Crippen LogP contribution is 2.78. The molecule has 3 rings (SSSR count). The molecular formula is C12H24BrFN3O3P2+. The summed E-state index contributed by atoms with van der Waals surface area (Å²) in [5, 5.41) is 0. The van der Waals surface area contributed by atoms with Crippen LogP contribution in [0.4, 0.5) is 4.20 Å². The highest BCUT2D eigenvalue weighted by Gasteiger charge is 2.66. The minimum Gasteiger partial charge on any atom is -0.297 e. The maximum Gasteiger partial charge on any atom is 0.549 e. The third-order valence-corrected chi connectivity index (χ3v) is 11.0. The monoisotopic (exact) mass is 418 g/mol. The zero-order valence-corrected chi connectivity index (χ0v) is 16.0. The lowest BCUT2D eigenvalue weighted by Gasteiger charge is -2.41. The van der Waals surface area contributed by atoms with Gasteiger partial charge in [0.15, 0.2) is 0 Å². The lowest BCUT2D eigenvalue weighted by Crippen LogP contribution is -2.44. The summed E-state index contributed by atoms with van der Waals surface area (Å²) in [4.78, 5) is 9.50. The average molecular weight is 419 g/mol. The predicted molar refractivity (Wildman–Crippen MR) is 89.2 cm³/mol. The molecule has 6 nitrogen and oxygen atoms in total. The van der Waals surface area contributed by atoms with Gasteiger partial charge in [0.25, 0.3) is 0 Å². The molecule has 3 heterocycles. The molecule has 0 aromatic rings. The van der Waals surface area contributed by atoms with Crippen LogP contribution in [0.15, 0.2) is 0 Å². The topological polar surface area (TPSA) is 56.3 Å². The molecular weight excluding hydrogens is 395 g/mol. The summed E-state index contributed by atoms with van der Waals surface area (Å²) < 4.78 is 37.3. The minimum atomic E-state index is -5.07. The van der Waals surface area contributed by atoms with E-state index in [2.05, 4.69) is 29.9 Å². The van der Waals surface area contributed by atoms with Gasteiger partial charge in [-0.05, 0) is 38.5 Å². The molecule has 1 N–H and O–H groups in total. The van der Waals surface area contributed by atoms with Gasteiger partial charge in [0, 0.05) is 32.7 Å². The third-order valence-electron chi connectivity index (χ3n) is 4.60. The summed E-state index contributed by atoms with van der Waals surface area (Å²) in [6.45, 7) is 4.00. The number of alkyl halides is 1. The van der Waals surface area contributed by atoms with Crippen LogP contribution in [0.5, 0.6) is 0 Å². The first-order chi connectivity index (χ1) is 10.4. The van der Waals surface area contributed by atoms with Crippen LogP contribution in [0.3, 0.4) is 0 Å². The van der Waals surface area contributed by atoms with Gasteiger partial charge in [0.05, 0.1) is 0 Å². The van der Waals surface area contributed by atoms with E-state index in [1.165, 1.54) is 0 Å². The standard InChI is InChI=1S/C12H23BrFN3O3P2/c13-12-6-5-11-17(12)22(20-21(14,18)19,15-7-1-2-8-15)16-9-3-4-10-16/h12H,1-11H2/p+1. The van der Waals surface area contributed by atoms with Gasteiger partial charge in [0.2, 0.25) is 0 Å². The summed E-state index contributed by atoms with van der Waals surface area (Å²) in [7, 11) is -7.82. The summed E-state index contributed by atoms with van der Waals surface area (Å²) in [6, 6.07) is 0. The zero-order valence-electron chi connectivity index (χ0n) is 12.6. The molecule has 0 bridgehead atoms. The average Bonchev–Trinajstić information content (AvgIpc) is 3.18. The second-order valence-corrected chi connectivity index (χ2v) is 11.4. The van der Waals surface area contributed by atoms with E-state index in [9.17, 15) is 13.7 Å². The second kappa shape index (κ2) is 7.01. The molecule has 10 heteroatoms. The normalized spacial score (nSPS) is 31.9. The Labute approximate surface area is 140 Å². The van der Waals surface area contributed by atoms with Crippen molar-refractivity contribution in [2.75, 3.05) is 32.7 Å². The van der Waals surface area contributed by atoms with Gasteiger partial charge < -0.3 is 0 Å². The Kier molecular flexibility index (Phi) is 5.63. The van der Waals surface area contributed by atoms with E-state index in [0.29, 0.717) is 0 Å². The fraction of sp³-hybridized carbons (Fsp3) is 1.00. The number of hydrogen-bond donors (Lipinski definition) is 1. The Hall–Kier alpha value is 0.870. The van der Waals surface area contributed by atoms with E-state index in [1.807, 2.05) is 0 Å². The molecule has 128 valence electrons. The first-order valence-electron chi connectivity index (χ1n) is 7.98. The summed E-state index contributed by atoms with van der Waals surface area (Å²) in [5.74, 6) is 0. The van der Waals surface area contributed by atoms with Crippen molar-refractivity contribution in [1.29, 1.82) is 0 Å². The zero-order chi connectivity index (χ0) is 15.8. The Morgan fingerprint density at radius 2 is 1.55 bits per heavy atom. The molecule has 2 unspecified atom stereocenters. The van der Waals surface area contributed by atoms with Crippen LogP contribution >= 0.6 is 31.8 Å². The Balaban J connectivity index is 2.01. The summed E-state index contributed by atoms with van der Waals surface area (Å²) >= 11 is 3.67. The summed E-state index contributed by atoms with van der Waals surface area (Å²) in [5.41, 5.74) is 0. The van der Waals surface area contributed by atoms with Gasteiger partial charge in [0.1, 0.15) is 4.95 Å². The van der Waals surface area contributed by atoms with Gasteiger partial charge in [-0.1, -0.05) is 20.2 Å². The third kappa shape index (κ3) is 3.45. The highest BCUT2D eigenvalue weighted by atomic mass is 79.9. The van der Waals surface area contributed by atoms with Crippen LogP contribution in [0.2, 0.25) is 0 Å². The fourth-order valence-corrected chi connectivity index (χ4v) is 10.7. The summed E-state index contributed by atoms with van der Waals surface area (Å²) in [6.07, 6.45) is 6.06. The van der Waals surface area contributed by atoms with Crippen molar-refractivity contribution in [2.45, 2.75) is 43.5 Å². The van der Waals surface area contributed by atoms with E-state index in [0.717, 1.165) is 71.2 Å². The fourth-order valence-electron chi connectivity index (χ4n) is 3.72. The Morgan fingerprint density at radius 3 is 1.91 bits per heavy atom. The number of halogens is 2. The maximum absolute atomic E-state index is 13.8. The van der Waals surface area contributed by atoms with Gasteiger partial charge in [-0.25, -0.2) is 4.57 Å². The molecule has 22 heavy (non-hydrogen) atoms. The highest BCUT2D eigenvalue weighted by molar-refractivity contribution is 9.09. The molecule has 0 aromatic carbocycles. The van der Waals surface area contributed by atoms with Gasteiger partial charge in [-0.3, -0.25) is 4.89 Å². The molecule has 3 aliphatic rings. The van der Waals surface area contributed by atoms with Crippen LogP contribution in [-0.4, -0.2) is 56.6 Å². The SMILES string of the molecule is O=P(O)(F)O[P+](N1CCCC1)(N1CCCC1)N1CCCC1Br. The molecule has 3 saturated heterocycles.